The molecule has 2 aliphatic carbocycles. The Morgan fingerprint density at radius 3 is 2.63 bits per heavy atom. The number of hydrogen-bond donors (Lipinski definition) is 3. The van der Waals surface area contributed by atoms with Crippen LogP contribution in [0, 0.1) is 11.8 Å². The number of amides is 1. The first-order chi connectivity index (χ1) is 14.7. The van der Waals surface area contributed by atoms with Gasteiger partial charge in [0, 0.05) is 29.4 Å². The van der Waals surface area contributed by atoms with Crippen molar-refractivity contribution in [3.05, 3.63) is 60.4 Å². The first-order valence-corrected chi connectivity index (χ1v) is 10.8. The fourth-order valence-corrected chi connectivity index (χ4v) is 5.04. The van der Waals surface area contributed by atoms with Crippen molar-refractivity contribution in [1.82, 2.24) is 26.1 Å². The number of aromatic nitrogens is 2. The predicted octanol–water partition coefficient (Wildman–Crippen LogP) is 3.59. The molecule has 1 amide bonds. The maximum absolute atomic E-state index is 13.0. The van der Waals surface area contributed by atoms with Crippen LogP contribution in [-0.4, -0.2) is 27.0 Å². The number of rotatable bonds is 3. The highest BCUT2D eigenvalue weighted by Crippen LogP contribution is 2.44. The summed E-state index contributed by atoms with van der Waals surface area (Å²) in [5, 5.41) is 4.64. The third kappa shape index (κ3) is 3.73. The summed E-state index contributed by atoms with van der Waals surface area (Å²) in [5.41, 5.74) is 8.58. The van der Waals surface area contributed by atoms with E-state index in [0.29, 0.717) is 22.6 Å². The van der Waals surface area contributed by atoms with E-state index >= 15 is 0 Å². The van der Waals surface area contributed by atoms with Crippen LogP contribution in [-0.2, 0) is 0 Å². The lowest BCUT2D eigenvalue weighted by Gasteiger charge is -2.24. The summed E-state index contributed by atoms with van der Waals surface area (Å²) < 4.78 is 0. The summed E-state index contributed by atoms with van der Waals surface area (Å²) >= 11 is 5.42. The first-order valence-electron chi connectivity index (χ1n) is 10.3. The van der Waals surface area contributed by atoms with Crippen molar-refractivity contribution in [2.45, 2.75) is 31.7 Å². The van der Waals surface area contributed by atoms with Crippen LogP contribution in [0.25, 0.3) is 22.2 Å². The van der Waals surface area contributed by atoms with Gasteiger partial charge in [-0.1, -0.05) is 24.6 Å². The van der Waals surface area contributed by atoms with Gasteiger partial charge in [0.15, 0.2) is 5.11 Å². The van der Waals surface area contributed by atoms with Gasteiger partial charge in [0.1, 0.15) is 0 Å². The molecule has 5 rings (SSSR count). The summed E-state index contributed by atoms with van der Waals surface area (Å²) in [6.07, 6.45) is 8.52. The Morgan fingerprint density at radius 1 is 1.03 bits per heavy atom. The smallest absolute Gasteiger partial charge is 0.270 e. The molecule has 2 aromatic heterocycles. The Bertz CT molecular complexity index is 1100. The number of carbonyl (C=O) groups is 1. The highest BCUT2D eigenvalue weighted by atomic mass is 32.1. The average molecular weight is 418 g/mol. The lowest BCUT2D eigenvalue weighted by atomic mass is 9.96. The highest BCUT2D eigenvalue weighted by molar-refractivity contribution is 7.80. The SMILES string of the molecule is O=C(NNC(=S)N[C@@H]1C[C@@H]2CC[C@@H]1C2)c1cc(-c2ccncc2)nc2ccccc12. The lowest BCUT2D eigenvalue weighted by Crippen LogP contribution is -2.50. The monoisotopic (exact) mass is 417 g/mol. The molecule has 3 atom stereocenters. The van der Waals surface area contributed by atoms with Gasteiger partial charge in [-0.3, -0.25) is 20.6 Å². The van der Waals surface area contributed by atoms with E-state index in [9.17, 15) is 4.79 Å². The van der Waals surface area contributed by atoms with E-state index in [1.54, 1.807) is 18.5 Å². The topological polar surface area (TPSA) is 78.9 Å². The minimum atomic E-state index is -0.249. The van der Waals surface area contributed by atoms with Crippen LogP contribution in [0.4, 0.5) is 0 Å². The second-order valence-electron chi connectivity index (χ2n) is 8.14. The molecule has 1 aromatic carbocycles. The van der Waals surface area contributed by atoms with E-state index in [2.05, 4.69) is 21.2 Å². The molecule has 0 aliphatic heterocycles. The third-order valence-electron chi connectivity index (χ3n) is 6.28. The van der Waals surface area contributed by atoms with Crippen molar-refractivity contribution >= 4 is 34.1 Å². The summed E-state index contributed by atoms with van der Waals surface area (Å²) in [6, 6.07) is 13.6. The average Bonchev–Trinajstić information content (AvgIpc) is 3.40. The summed E-state index contributed by atoms with van der Waals surface area (Å²) in [4.78, 5) is 21.8. The molecular formula is C23H23N5OS. The maximum Gasteiger partial charge on any atom is 0.270 e. The molecule has 0 saturated heterocycles. The molecule has 0 unspecified atom stereocenters. The van der Waals surface area contributed by atoms with Crippen molar-refractivity contribution in [1.29, 1.82) is 0 Å². The zero-order chi connectivity index (χ0) is 20.5. The number of carbonyl (C=O) groups excluding carboxylic acids is 1. The molecule has 0 spiro atoms. The molecule has 0 radical (unpaired) electrons. The van der Waals surface area contributed by atoms with E-state index in [1.165, 1.54) is 25.7 Å². The van der Waals surface area contributed by atoms with E-state index in [4.69, 9.17) is 17.2 Å². The number of nitrogens with zero attached hydrogens (tertiary/aromatic N) is 2. The lowest BCUT2D eigenvalue weighted by molar-refractivity contribution is 0.0945. The summed E-state index contributed by atoms with van der Waals surface area (Å²) in [5.74, 6) is 1.29. The zero-order valence-corrected chi connectivity index (χ0v) is 17.3. The van der Waals surface area contributed by atoms with Gasteiger partial charge in [-0.15, -0.1) is 0 Å². The van der Waals surface area contributed by atoms with Gasteiger partial charge >= 0.3 is 0 Å². The van der Waals surface area contributed by atoms with Crippen molar-refractivity contribution < 1.29 is 4.79 Å². The van der Waals surface area contributed by atoms with Gasteiger partial charge in [-0.25, -0.2) is 4.98 Å². The largest absolute Gasteiger partial charge is 0.358 e. The number of fused-ring (bicyclic) bond motifs is 3. The van der Waals surface area contributed by atoms with E-state index in [0.717, 1.165) is 28.1 Å². The molecule has 3 aromatic rings. The summed E-state index contributed by atoms with van der Waals surface area (Å²) in [7, 11) is 0. The molecule has 2 fully saturated rings. The Kier molecular flexibility index (Phi) is 5.04. The molecule has 2 saturated carbocycles. The number of benzene rings is 1. The number of nitrogens with one attached hydrogen (secondary N) is 3. The van der Waals surface area contributed by atoms with Crippen molar-refractivity contribution in [2.75, 3.05) is 0 Å². The zero-order valence-electron chi connectivity index (χ0n) is 16.5. The van der Waals surface area contributed by atoms with Gasteiger partial charge in [0.2, 0.25) is 0 Å². The predicted molar refractivity (Wildman–Crippen MR) is 121 cm³/mol. The Morgan fingerprint density at radius 2 is 1.87 bits per heavy atom. The van der Waals surface area contributed by atoms with Crippen LogP contribution < -0.4 is 16.2 Å². The minimum absolute atomic E-state index is 0.249. The summed E-state index contributed by atoms with van der Waals surface area (Å²) in [6.45, 7) is 0. The van der Waals surface area contributed by atoms with Crippen LogP contribution in [0.15, 0.2) is 54.9 Å². The quantitative estimate of drug-likeness (QED) is 0.446. The van der Waals surface area contributed by atoms with E-state index in [1.807, 2.05) is 36.4 Å². The minimum Gasteiger partial charge on any atom is -0.358 e. The molecule has 3 N–H and O–H groups in total. The van der Waals surface area contributed by atoms with Gasteiger partial charge in [0.25, 0.3) is 5.91 Å². The molecule has 6 nitrogen and oxygen atoms in total. The molecular weight excluding hydrogens is 394 g/mol. The normalized spacial score (nSPS) is 22.1. The molecule has 2 aliphatic rings. The van der Waals surface area contributed by atoms with Crippen LogP contribution >= 0.6 is 12.2 Å². The van der Waals surface area contributed by atoms with Crippen molar-refractivity contribution in [2.24, 2.45) is 11.8 Å². The van der Waals surface area contributed by atoms with Crippen LogP contribution in [0.1, 0.15) is 36.0 Å². The number of para-hydroxylation sites is 1. The Labute approximate surface area is 180 Å². The highest BCUT2D eigenvalue weighted by Gasteiger charge is 2.39. The van der Waals surface area contributed by atoms with E-state index < -0.39 is 0 Å². The molecule has 7 heteroatoms. The van der Waals surface area contributed by atoms with E-state index in [-0.39, 0.29) is 5.91 Å². The fraction of sp³-hybridized carbons (Fsp3) is 0.304. The second kappa shape index (κ2) is 7.99. The first kappa shape index (κ1) is 18.9. The molecule has 2 heterocycles. The standard InChI is InChI=1S/C23H23N5OS/c29-22(27-28-23(30)26-20-12-14-5-6-16(20)11-14)18-13-21(15-7-9-24-10-8-15)25-19-4-2-1-3-17(18)19/h1-4,7-10,13-14,16,20H,5-6,11-12H2,(H,27,29)(H2,26,28,30)/t14-,16-,20-/m1/s1. The Hall–Kier alpha value is -3.06. The fourth-order valence-electron chi connectivity index (χ4n) is 4.84. The van der Waals surface area contributed by atoms with Gasteiger partial charge in [0.05, 0.1) is 16.8 Å². The van der Waals surface area contributed by atoms with Crippen LogP contribution in [0.3, 0.4) is 0 Å². The third-order valence-corrected chi connectivity index (χ3v) is 6.50. The van der Waals surface area contributed by atoms with Gasteiger partial charge in [-0.05, 0) is 67.6 Å². The van der Waals surface area contributed by atoms with Gasteiger partial charge in [-0.2, -0.15) is 0 Å². The second-order valence-corrected chi connectivity index (χ2v) is 8.55. The molecule has 152 valence electrons. The number of pyridine rings is 2. The number of hydrazine groups is 1. The number of thiocarbonyl (C=S) groups is 1. The van der Waals surface area contributed by atoms with Crippen molar-refractivity contribution in [3.63, 3.8) is 0 Å². The van der Waals surface area contributed by atoms with Crippen molar-refractivity contribution in [3.8, 4) is 11.3 Å². The Balaban J connectivity index is 1.33. The van der Waals surface area contributed by atoms with Gasteiger partial charge < -0.3 is 5.32 Å². The maximum atomic E-state index is 13.0. The number of hydrogen-bond acceptors (Lipinski definition) is 4. The van der Waals surface area contributed by atoms with Crippen LogP contribution in [0.2, 0.25) is 0 Å². The molecule has 2 bridgehead atoms. The molecule has 30 heavy (non-hydrogen) atoms. The van der Waals surface area contributed by atoms with Crippen LogP contribution in [0.5, 0.6) is 0 Å².